The molecule has 4 nitrogen and oxygen atoms in total. The second-order valence-corrected chi connectivity index (χ2v) is 7.88. The predicted octanol–water partition coefficient (Wildman–Crippen LogP) is 4.49. The first-order chi connectivity index (χ1) is 12.6. The summed E-state index contributed by atoms with van der Waals surface area (Å²) >= 11 is 5.86. The Kier molecular flexibility index (Phi) is 8.65. The van der Waals surface area contributed by atoms with E-state index in [0.717, 1.165) is 12.8 Å². The van der Waals surface area contributed by atoms with Gasteiger partial charge >= 0.3 is 5.97 Å². The maximum atomic E-state index is 12.3. The molecule has 2 atom stereocenters. The minimum absolute atomic E-state index is 0.137. The van der Waals surface area contributed by atoms with Crippen LogP contribution >= 0.6 is 11.6 Å². The lowest BCUT2D eigenvalue weighted by Gasteiger charge is -2.18. The summed E-state index contributed by atoms with van der Waals surface area (Å²) in [4.78, 5) is 12.3. The first-order valence-corrected chi connectivity index (χ1v) is 10.4. The van der Waals surface area contributed by atoms with Gasteiger partial charge in [0.2, 0.25) is 0 Å². The van der Waals surface area contributed by atoms with Crippen LogP contribution < -0.4 is 4.74 Å². The number of carbonyl (C=O) groups excluding carboxylic acids is 1. The van der Waals surface area contributed by atoms with Gasteiger partial charge in [0.15, 0.2) is 0 Å². The molecule has 0 fully saturated rings. The zero-order chi connectivity index (χ0) is 18.8. The van der Waals surface area contributed by atoms with Crippen molar-refractivity contribution in [2.75, 3.05) is 18.1 Å². The summed E-state index contributed by atoms with van der Waals surface area (Å²) in [6.07, 6.45) is 1.27. The van der Waals surface area contributed by atoms with E-state index in [1.54, 1.807) is 48.5 Å². The Morgan fingerprint density at radius 3 is 2.46 bits per heavy atom. The molecule has 2 aromatic rings. The predicted molar refractivity (Wildman–Crippen MR) is 105 cm³/mol. The number of carbonyl (C=O) groups is 1. The van der Waals surface area contributed by atoms with Gasteiger partial charge < -0.3 is 9.47 Å². The number of ether oxygens (including phenoxy) is 2. The molecule has 0 spiro atoms. The second-order valence-electron chi connectivity index (χ2n) is 5.82. The van der Waals surface area contributed by atoms with Crippen LogP contribution in [-0.4, -0.2) is 34.4 Å². The van der Waals surface area contributed by atoms with Gasteiger partial charge in [-0.1, -0.05) is 43.1 Å². The largest absolute Gasteiger partial charge is 0.490 e. The lowest BCUT2D eigenvalue weighted by molar-refractivity contribution is 0.0239. The van der Waals surface area contributed by atoms with Crippen molar-refractivity contribution in [1.29, 1.82) is 0 Å². The lowest BCUT2D eigenvalue weighted by atomic mass is 10.2. The Hall–Kier alpha value is -1.85. The van der Waals surface area contributed by atoms with Gasteiger partial charge in [-0.05, 0) is 42.8 Å². The van der Waals surface area contributed by atoms with E-state index in [0.29, 0.717) is 22.1 Å². The van der Waals surface area contributed by atoms with Crippen LogP contribution in [0, 0.1) is 0 Å². The van der Waals surface area contributed by atoms with E-state index in [4.69, 9.17) is 21.1 Å². The summed E-state index contributed by atoms with van der Waals surface area (Å²) < 4.78 is 23.5. The van der Waals surface area contributed by atoms with Gasteiger partial charge in [-0.3, -0.25) is 4.21 Å². The summed E-state index contributed by atoms with van der Waals surface area (Å²) in [5.74, 6) is 1.03. The Balaban J connectivity index is 1.99. The SMILES string of the molecule is CCCC[S@](=O)C[C@@H](COc1ccc(Cl)cc1)OC(=O)c1ccccc1. The van der Waals surface area contributed by atoms with Crippen molar-refractivity contribution < 1.29 is 18.5 Å². The monoisotopic (exact) mass is 394 g/mol. The topological polar surface area (TPSA) is 52.6 Å². The van der Waals surface area contributed by atoms with Gasteiger partial charge in [0.05, 0.1) is 11.3 Å². The first kappa shape index (κ1) is 20.5. The smallest absolute Gasteiger partial charge is 0.338 e. The van der Waals surface area contributed by atoms with E-state index in [2.05, 4.69) is 0 Å². The molecule has 0 aromatic heterocycles. The van der Waals surface area contributed by atoms with Crippen molar-refractivity contribution in [2.24, 2.45) is 0 Å². The molecule has 140 valence electrons. The van der Waals surface area contributed by atoms with Crippen LogP contribution in [0.25, 0.3) is 0 Å². The van der Waals surface area contributed by atoms with E-state index in [9.17, 15) is 9.00 Å². The molecule has 0 N–H and O–H groups in total. The average molecular weight is 395 g/mol. The Bertz CT molecular complexity index is 704. The van der Waals surface area contributed by atoms with Crippen molar-refractivity contribution in [3.05, 3.63) is 65.2 Å². The number of unbranched alkanes of at least 4 members (excludes halogenated alkanes) is 1. The molecule has 0 aliphatic heterocycles. The maximum Gasteiger partial charge on any atom is 0.338 e. The van der Waals surface area contributed by atoms with Crippen molar-refractivity contribution >= 4 is 28.4 Å². The third kappa shape index (κ3) is 7.18. The fraction of sp³-hybridized carbons (Fsp3) is 0.350. The van der Waals surface area contributed by atoms with Gasteiger partial charge in [-0.25, -0.2) is 4.79 Å². The fourth-order valence-corrected chi connectivity index (χ4v) is 3.71. The van der Waals surface area contributed by atoms with Gasteiger partial charge in [0, 0.05) is 21.6 Å². The molecule has 0 saturated carbocycles. The average Bonchev–Trinajstić information content (AvgIpc) is 2.66. The summed E-state index contributed by atoms with van der Waals surface area (Å²) in [6.45, 7) is 2.19. The highest BCUT2D eigenvalue weighted by molar-refractivity contribution is 7.85. The summed E-state index contributed by atoms with van der Waals surface area (Å²) in [6, 6.07) is 15.7. The van der Waals surface area contributed by atoms with E-state index >= 15 is 0 Å². The summed E-state index contributed by atoms with van der Waals surface area (Å²) in [5, 5.41) is 0.616. The molecular weight excluding hydrogens is 372 g/mol. The van der Waals surface area contributed by atoms with E-state index < -0.39 is 22.9 Å². The van der Waals surface area contributed by atoms with Gasteiger partial charge in [0.1, 0.15) is 18.5 Å². The minimum atomic E-state index is -1.06. The van der Waals surface area contributed by atoms with Crippen LogP contribution in [-0.2, 0) is 15.5 Å². The Morgan fingerprint density at radius 2 is 1.81 bits per heavy atom. The number of esters is 1. The van der Waals surface area contributed by atoms with Crippen molar-refractivity contribution in [1.82, 2.24) is 0 Å². The standard InChI is InChI=1S/C20H23ClO4S/c1-2-3-13-26(23)15-19(14-24-18-11-9-17(21)10-12-18)25-20(22)16-7-5-4-6-8-16/h4-12,19H,2-3,13-15H2,1H3/t19-,26+/m1/s1. The third-order valence-electron chi connectivity index (χ3n) is 3.63. The highest BCUT2D eigenvalue weighted by Crippen LogP contribution is 2.16. The van der Waals surface area contributed by atoms with E-state index in [-0.39, 0.29) is 12.4 Å². The molecule has 0 amide bonds. The van der Waals surface area contributed by atoms with Crippen molar-refractivity contribution in [3.8, 4) is 5.75 Å². The molecule has 0 bridgehead atoms. The number of hydrogen-bond donors (Lipinski definition) is 0. The fourth-order valence-electron chi connectivity index (χ4n) is 2.23. The third-order valence-corrected chi connectivity index (χ3v) is 5.37. The highest BCUT2D eigenvalue weighted by atomic mass is 35.5. The van der Waals surface area contributed by atoms with Crippen LogP contribution in [0.2, 0.25) is 5.02 Å². The summed E-state index contributed by atoms with van der Waals surface area (Å²) in [5.41, 5.74) is 0.461. The van der Waals surface area contributed by atoms with Gasteiger partial charge in [0.25, 0.3) is 0 Å². The van der Waals surface area contributed by atoms with Gasteiger partial charge in [-0.15, -0.1) is 0 Å². The number of benzene rings is 2. The Labute approximate surface area is 161 Å². The van der Waals surface area contributed by atoms with Crippen LogP contribution in [0.5, 0.6) is 5.75 Å². The molecule has 0 aliphatic rings. The molecule has 0 radical (unpaired) electrons. The van der Waals surface area contributed by atoms with Crippen molar-refractivity contribution in [2.45, 2.75) is 25.9 Å². The molecule has 0 heterocycles. The highest BCUT2D eigenvalue weighted by Gasteiger charge is 2.19. The van der Waals surface area contributed by atoms with Gasteiger partial charge in [-0.2, -0.15) is 0 Å². The Morgan fingerprint density at radius 1 is 1.12 bits per heavy atom. The van der Waals surface area contributed by atoms with Crippen LogP contribution in [0.4, 0.5) is 0 Å². The number of hydrogen-bond acceptors (Lipinski definition) is 4. The minimum Gasteiger partial charge on any atom is -0.490 e. The summed E-state index contributed by atoms with van der Waals surface area (Å²) in [7, 11) is -1.06. The van der Waals surface area contributed by atoms with Crippen LogP contribution in [0.3, 0.4) is 0 Å². The van der Waals surface area contributed by atoms with E-state index in [1.165, 1.54) is 0 Å². The zero-order valence-electron chi connectivity index (χ0n) is 14.7. The maximum absolute atomic E-state index is 12.3. The molecule has 2 aromatic carbocycles. The van der Waals surface area contributed by atoms with Crippen LogP contribution in [0.15, 0.2) is 54.6 Å². The molecular formula is C20H23ClO4S. The van der Waals surface area contributed by atoms with Crippen LogP contribution in [0.1, 0.15) is 30.1 Å². The lowest BCUT2D eigenvalue weighted by Crippen LogP contribution is -2.31. The quantitative estimate of drug-likeness (QED) is 0.557. The zero-order valence-corrected chi connectivity index (χ0v) is 16.3. The normalized spacial score (nSPS) is 13.0. The molecule has 26 heavy (non-hydrogen) atoms. The van der Waals surface area contributed by atoms with E-state index in [1.807, 2.05) is 13.0 Å². The molecule has 6 heteroatoms. The second kappa shape index (κ2) is 11.0. The molecule has 0 aliphatic carbocycles. The molecule has 0 unspecified atom stereocenters. The van der Waals surface area contributed by atoms with Crippen molar-refractivity contribution in [3.63, 3.8) is 0 Å². The molecule has 2 rings (SSSR count). The first-order valence-electron chi connectivity index (χ1n) is 8.58. The number of halogens is 1. The molecule has 0 saturated heterocycles. The number of rotatable bonds is 10.